The van der Waals surface area contributed by atoms with E-state index in [0.29, 0.717) is 5.82 Å². The molecule has 0 amide bonds. The van der Waals surface area contributed by atoms with Crippen molar-refractivity contribution in [1.82, 2.24) is 20.6 Å². The van der Waals surface area contributed by atoms with E-state index in [0.717, 1.165) is 5.56 Å². The fourth-order valence-electron chi connectivity index (χ4n) is 1.95. The number of aromatic amines is 1. The molecule has 2 N–H and O–H groups in total. The van der Waals surface area contributed by atoms with Gasteiger partial charge >= 0.3 is 5.97 Å². The van der Waals surface area contributed by atoms with Crippen molar-refractivity contribution in [2.24, 2.45) is 5.41 Å². The van der Waals surface area contributed by atoms with E-state index in [4.69, 9.17) is 0 Å². The highest BCUT2D eigenvalue weighted by Gasteiger charge is 2.41. The van der Waals surface area contributed by atoms with Crippen LogP contribution in [0.4, 0.5) is 0 Å². The third kappa shape index (κ3) is 2.09. The largest absolute Gasteiger partial charge is 0.481 e. The van der Waals surface area contributed by atoms with Crippen molar-refractivity contribution in [3.8, 4) is 0 Å². The minimum atomic E-state index is -1.02. The lowest BCUT2D eigenvalue weighted by molar-refractivity contribution is -0.147. The highest BCUT2D eigenvalue weighted by atomic mass is 16.4. The van der Waals surface area contributed by atoms with Gasteiger partial charge in [0.25, 0.3) is 0 Å². The van der Waals surface area contributed by atoms with Crippen molar-refractivity contribution in [1.29, 1.82) is 0 Å². The predicted octanol–water partition coefficient (Wildman–Crippen LogP) is 1.44. The fraction of sp³-hybridized carbons (Fsp3) is 0.333. The Labute approximate surface area is 104 Å². The topological polar surface area (TPSA) is 91.8 Å². The van der Waals surface area contributed by atoms with Crippen LogP contribution in [0.2, 0.25) is 0 Å². The first kappa shape index (κ1) is 12.2. The number of carbonyl (C=O) groups is 1. The highest BCUT2D eigenvalue weighted by Crippen LogP contribution is 2.39. The standard InChI is InChI=1S/C12H14N4O2/c1-12(2,11(17)18)9(10-13-15-16-14-10)8-6-4-3-5-7-8/h3-7,9H,1-2H3,(H,17,18)(H,13,14,15,16). The van der Waals surface area contributed by atoms with Gasteiger partial charge in [0.2, 0.25) is 0 Å². The summed E-state index contributed by atoms with van der Waals surface area (Å²) >= 11 is 0. The van der Waals surface area contributed by atoms with Crippen molar-refractivity contribution in [3.05, 3.63) is 41.7 Å². The van der Waals surface area contributed by atoms with Gasteiger partial charge in [-0.15, -0.1) is 10.2 Å². The number of nitrogens with one attached hydrogen (secondary N) is 1. The van der Waals surface area contributed by atoms with Crippen LogP contribution in [0.15, 0.2) is 30.3 Å². The maximum atomic E-state index is 11.4. The van der Waals surface area contributed by atoms with Crippen LogP contribution in [0, 0.1) is 5.41 Å². The minimum absolute atomic E-state index is 0.383. The summed E-state index contributed by atoms with van der Waals surface area (Å²) in [5.74, 6) is -0.968. The van der Waals surface area contributed by atoms with Gasteiger partial charge in [-0.1, -0.05) is 35.5 Å². The number of nitrogens with zero attached hydrogens (tertiary/aromatic N) is 3. The zero-order chi connectivity index (χ0) is 13.2. The molecule has 0 saturated carbocycles. The van der Waals surface area contributed by atoms with Gasteiger partial charge in [-0.25, -0.2) is 0 Å². The van der Waals surface area contributed by atoms with Gasteiger partial charge in [0.05, 0.1) is 11.3 Å². The molecule has 1 unspecified atom stereocenters. The number of hydrogen-bond acceptors (Lipinski definition) is 4. The number of carboxylic acids is 1. The second kappa shape index (κ2) is 4.56. The van der Waals surface area contributed by atoms with Crippen LogP contribution in [0.1, 0.15) is 31.2 Å². The van der Waals surface area contributed by atoms with Crippen LogP contribution in [0.3, 0.4) is 0 Å². The number of carboxylic acid groups (broad SMARTS) is 1. The number of H-pyrrole nitrogens is 1. The van der Waals surface area contributed by atoms with Crippen LogP contribution in [0.5, 0.6) is 0 Å². The Hall–Kier alpha value is -2.24. The van der Waals surface area contributed by atoms with E-state index in [1.54, 1.807) is 13.8 Å². The molecule has 2 rings (SSSR count). The monoisotopic (exact) mass is 246 g/mol. The average molecular weight is 246 g/mol. The Balaban J connectivity index is 2.52. The Morgan fingerprint density at radius 3 is 2.50 bits per heavy atom. The molecule has 0 fully saturated rings. The van der Waals surface area contributed by atoms with Gasteiger partial charge in [0.1, 0.15) is 0 Å². The SMILES string of the molecule is CC(C)(C(=O)O)C(c1ccccc1)c1nn[nH]n1. The van der Waals surface area contributed by atoms with Gasteiger partial charge in [-0.05, 0) is 19.4 Å². The first-order chi connectivity index (χ1) is 8.53. The zero-order valence-electron chi connectivity index (χ0n) is 10.2. The third-order valence-electron chi connectivity index (χ3n) is 3.03. The quantitative estimate of drug-likeness (QED) is 0.851. The number of tetrazole rings is 1. The molecule has 94 valence electrons. The van der Waals surface area contributed by atoms with Crippen LogP contribution in [0.25, 0.3) is 0 Å². The molecule has 0 bridgehead atoms. The second-order valence-electron chi connectivity index (χ2n) is 4.64. The molecule has 0 spiro atoms. The molecule has 6 nitrogen and oxygen atoms in total. The van der Waals surface area contributed by atoms with Crippen LogP contribution < -0.4 is 0 Å². The molecule has 0 radical (unpaired) electrons. The van der Waals surface area contributed by atoms with Gasteiger partial charge in [-0.3, -0.25) is 4.79 Å². The lowest BCUT2D eigenvalue weighted by atomic mass is 9.74. The number of benzene rings is 1. The molecular formula is C12H14N4O2. The lowest BCUT2D eigenvalue weighted by Gasteiger charge is -2.28. The average Bonchev–Trinajstić information content (AvgIpc) is 2.83. The Kier molecular flexibility index (Phi) is 3.10. The maximum Gasteiger partial charge on any atom is 0.310 e. The maximum absolute atomic E-state index is 11.4. The molecule has 0 aliphatic heterocycles. The van der Waals surface area contributed by atoms with Gasteiger partial charge < -0.3 is 5.11 Å². The molecule has 0 saturated heterocycles. The molecule has 1 aromatic heterocycles. The molecule has 18 heavy (non-hydrogen) atoms. The highest BCUT2D eigenvalue weighted by molar-refractivity contribution is 5.75. The van der Waals surface area contributed by atoms with E-state index in [9.17, 15) is 9.90 Å². The zero-order valence-corrected chi connectivity index (χ0v) is 10.2. The lowest BCUT2D eigenvalue weighted by Crippen LogP contribution is -2.32. The van der Waals surface area contributed by atoms with Crippen molar-refractivity contribution >= 4 is 5.97 Å². The number of aromatic nitrogens is 4. The summed E-state index contributed by atoms with van der Waals surface area (Å²) in [5, 5.41) is 23.1. The van der Waals surface area contributed by atoms with E-state index in [1.807, 2.05) is 30.3 Å². The summed E-state index contributed by atoms with van der Waals surface area (Å²) in [6.45, 7) is 3.31. The fourth-order valence-corrected chi connectivity index (χ4v) is 1.95. The van der Waals surface area contributed by atoms with Crippen molar-refractivity contribution in [2.75, 3.05) is 0 Å². The molecule has 1 atom stereocenters. The third-order valence-corrected chi connectivity index (χ3v) is 3.03. The number of aliphatic carboxylic acids is 1. The van der Waals surface area contributed by atoms with Crippen LogP contribution in [-0.4, -0.2) is 31.7 Å². The summed E-state index contributed by atoms with van der Waals surface area (Å²) in [4.78, 5) is 11.4. The molecule has 1 aromatic carbocycles. The van der Waals surface area contributed by atoms with E-state index in [-0.39, 0.29) is 0 Å². The Morgan fingerprint density at radius 1 is 1.33 bits per heavy atom. The molecule has 0 aliphatic carbocycles. The van der Waals surface area contributed by atoms with Crippen molar-refractivity contribution in [2.45, 2.75) is 19.8 Å². The van der Waals surface area contributed by atoms with Crippen LogP contribution in [-0.2, 0) is 4.79 Å². The van der Waals surface area contributed by atoms with Crippen molar-refractivity contribution in [3.63, 3.8) is 0 Å². The first-order valence-corrected chi connectivity index (χ1v) is 5.55. The Bertz CT molecular complexity index is 522. The summed E-state index contributed by atoms with van der Waals surface area (Å²) in [6.07, 6.45) is 0. The van der Waals surface area contributed by atoms with E-state index in [2.05, 4.69) is 20.6 Å². The van der Waals surface area contributed by atoms with Gasteiger partial charge in [-0.2, -0.15) is 5.21 Å². The number of hydrogen-bond donors (Lipinski definition) is 2. The van der Waals surface area contributed by atoms with E-state index in [1.165, 1.54) is 0 Å². The van der Waals surface area contributed by atoms with Gasteiger partial charge in [0, 0.05) is 0 Å². The molecule has 1 heterocycles. The number of rotatable bonds is 4. The Morgan fingerprint density at radius 2 is 2.00 bits per heavy atom. The summed E-state index contributed by atoms with van der Waals surface area (Å²) in [6, 6.07) is 9.34. The predicted molar refractivity (Wildman–Crippen MR) is 63.9 cm³/mol. The molecular weight excluding hydrogens is 232 g/mol. The van der Waals surface area contributed by atoms with Crippen molar-refractivity contribution < 1.29 is 9.90 Å². The normalized spacial score (nSPS) is 13.2. The van der Waals surface area contributed by atoms with Crippen LogP contribution >= 0.6 is 0 Å². The van der Waals surface area contributed by atoms with Gasteiger partial charge in [0.15, 0.2) is 5.82 Å². The molecule has 2 aromatic rings. The first-order valence-electron chi connectivity index (χ1n) is 5.55. The summed E-state index contributed by atoms with van der Waals surface area (Å²) < 4.78 is 0. The molecule has 6 heteroatoms. The minimum Gasteiger partial charge on any atom is -0.481 e. The summed E-state index contributed by atoms with van der Waals surface area (Å²) in [7, 11) is 0. The van der Waals surface area contributed by atoms with E-state index >= 15 is 0 Å². The summed E-state index contributed by atoms with van der Waals surface area (Å²) in [5.41, 5.74) is -0.170. The molecule has 0 aliphatic rings. The second-order valence-corrected chi connectivity index (χ2v) is 4.64. The van der Waals surface area contributed by atoms with E-state index < -0.39 is 17.3 Å². The smallest absolute Gasteiger partial charge is 0.310 e.